The number of anilines is 1. The molecule has 3 aromatic rings. The van der Waals surface area contributed by atoms with Crippen molar-refractivity contribution in [3.63, 3.8) is 0 Å². The highest BCUT2D eigenvalue weighted by atomic mass is 35.5. The molecule has 3 aromatic carbocycles. The zero-order valence-electron chi connectivity index (χ0n) is 18.5. The second kappa shape index (κ2) is 9.83. The van der Waals surface area contributed by atoms with Gasteiger partial charge in [-0.05, 0) is 53.6 Å². The van der Waals surface area contributed by atoms with Crippen LogP contribution in [0.15, 0.2) is 66.7 Å². The van der Waals surface area contributed by atoms with Gasteiger partial charge in [0.05, 0.1) is 23.9 Å². The van der Waals surface area contributed by atoms with Gasteiger partial charge in [0.25, 0.3) is 11.8 Å². The average Bonchev–Trinajstić information content (AvgIpc) is 2.94. The number of hydrogen-bond acceptors (Lipinski definition) is 4. The number of carbonyl (C=O) groups is 3. The van der Waals surface area contributed by atoms with Crippen LogP contribution in [0.2, 0.25) is 10.0 Å². The minimum atomic E-state index is -4.71. The minimum Gasteiger partial charge on any atom is -0.467 e. The van der Waals surface area contributed by atoms with E-state index in [0.717, 1.165) is 24.1 Å². The Morgan fingerprint density at radius 1 is 0.972 bits per heavy atom. The fraction of sp³-hybridized carbons (Fsp3) is 0.160. The van der Waals surface area contributed by atoms with E-state index < -0.39 is 41.6 Å². The largest absolute Gasteiger partial charge is 0.467 e. The van der Waals surface area contributed by atoms with Crippen LogP contribution >= 0.6 is 23.2 Å². The lowest BCUT2D eigenvalue weighted by atomic mass is 9.97. The summed E-state index contributed by atoms with van der Waals surface area (Å²) in [5, 5.41) is 3.14. The summed E-state index contributed by atoms with van der Waals surface area (Å²) in [5.74, 6) is -2.55. The number of nitrogens with zero attached hydrogens (tertiary/aromatic N) is 1. The first kappa shape index (κ1) is 25.5. The summed E-state index contributed by atoms with van der Waals surface area (Å²) in [6.07, 6.45) is -4.71. The predicted octanol–water partition coefficient (Wildman–Crippen LogP) is 6.06. The molecule has 0 radical (unpaired) electrons. The zero-order valence-corrected chi connectivity index (χ0v) is 20.0. The minimum absolute atomic E-state index is 0.226. The molecule has 4 rings (SSSR count). The number of nitrogens with one attached hydrogen (secondary N) is 1. The summed E-state index contributed by atoms with van der Waals surface area (Å²) in [6.45, 7) is 0. The van der Waals surface area contributed by atoms with E-state index in [0.29, 0.717) is 16.1 Å². The molecule has 11 heteroatoms. The molecule has 0 saturated carbocycles. The van der Waals surface area contributed by atoms with Gasteiger partial charge in [-0.15, -0.1) is 0 Å². The number of ether oxygens (including phenoxy) is 1. The fourth-order valence-electron chi connectivity index (χ4n) is 3.98. The quantitative estimate of drug-likeness (QED) is 0.411. The number of fused-ring (bicyclic) bond motifs is 1. The molecule has 0 aliphatic carbocycles. The van der Waals surface area contributed by atoms with E-state index in [9.17, 15) is 27.6 Å². The van der Waals surface area contributed by atoms with Crippen molar-refractivity contribution in [1.29, 1.82) is 0 Å². The third-order valence-electron chi connectivity index (χ3n) is 5.67. The molecule has 0 fully saturated rings. The molecule has 0 bridgehead atoms. The average molecular weight is 537 g/mol. The van der Waals surface area contributed by atoms with Crippen molar-refractivity contribution < 1.29 is 32.3 Å². The molecular formula is C25H17Cl2F3N2O4. The number of halogens is 5. The van der Waals surface area contributed by atoms with Crippen molar-refractivity contribution in [2.24, 2.45) is 0 Å². The van der Waals surface area contributed by atoms with E-state index in [1.165, 1.54) is 48.5 Å². The van der Waals surface area contributed by atoms with Gasteiger partial charge in [0, 0.05) is 10.0 Å². The van der Waals surface area contributed by atoms with E-state index in [1.54, 1.807) is 0 Å². The fourth-order valence-corrected chi connectivity index (χ4v) is 4.24. The van der Waals surface area contributed by atoms with E-state index in [4.69, 9.17) is 27.9 Å². The number of hydrogen-bond donors (Lipinski definition) is 1. The Bertz CT molecular complexity index is 1330. The Hall–Kier alpha value is -3.56. The Labute approximate surface area is 213 Å². The summed E-state index contributed by atoms with van der Waals surface area (Å²) in [7, 11) is 1.12. The summed E-state index contributed by atoms with van der Waals surface area (Å²) >= 11 is 12.0. The third kappa shape index (κ3) is 4.89. The Morgan fingerprint density at radius 2 is 1.56 bits per heavy atom. The first-order valence-corrected chi connectivity index (χ1v) is 11.2. The molecular weight excluding hydrogens is 520 g/mol. The van der Waals surface area contributed by atoms with Crippen LogP contribution in [-0.4, -0.2) is 29.8 Å². The highest BCUT2D eigenvalue weighted by molar-refractivity contribution is 6.30. The molecule has 0 saturated heterocycles. The summed E-state index contributed by atoms with van der Waals surface area (Å²) in [6, 6.07) is 11.5. The summed E-state index contributed by atoms with van der Waals surface area (Å²) in [4.78, 5) is 41.4. The highest BCUT2D eigenvalue weighted by Crippen LogP contribution is 2.40. The van der Waals surface area contributed by atoms with E-state index >= 15 is 0 Å². The molecule has 2 amide bonds. The molecule has 1 aliphatic rings. The highest BCUT2D eigenvalue weighted by Gasteiger charge is 2.45. The molecule has 36 heavy (non-hydrogen) atoms. The van der Waals surface area contributed by atoms with Crippen molar-refractivity contribution in [3.8, 4) is 0 Å². The number of rotatable bonds is 4. The van der Waals surface area contributed by atoms with Crippen LogP contribution < -0.4 is 5.32 Å². The molecule has 0 spiro atoms. The normalized spacial score (nSPS) is 16.6. The molecule has 186 valence electrons. The van der Waals surface area contributed by atoms with Crippen LogP contribution in [-0.2, 0) is 20.5 Å². The number of amides is 2. The molecule has 2 atom stereocenters. The maximum atomic E-state index is 13.9. The lowest BCUT2D eigenvalue weighted by Crippen LogP contribution is -2.44. The van der Waals surface area contributed by atoms with Crippen molar-refractivity contribution in [1.82, 2.24) is 4.90 Å². The standard InChI is InChI=1S/C25H17Cl2F3N2O4/c1-36-24(35)21(14-4-9-17(27)10-5-14)32-20(13-2-7-16(26)8-3-13)22(33)31-19-12-15(25(28,29)30)6-11-18(19)23(32)34/h2-12,20-21H,1H3,(H,31,33). The number of esters is 1. The smallest absolute Gasteiger partial charge is 0.416 e. The van der Waals surface area contributed by atoms with Crippen molar-refractivity contribution >= 4 is 46.7 Å². The van der Waals surface area contributed by atoms with Gasteiger partial charge in [-0.2, -0.15) is 13.2 Å². The lowest BCUT2D eigenvalue weighted by molar-refractivity contribution is -0.147. The van der Waals surface area contributed by atoms with Crippen LogP contribution in [0.25, 0.3) is 0 Å². The maximum Gasteiger partial charge on any atom is 0.416 e. The predicted molar refractivity (Wildman–Crippen MR) is 127 cm³/mol. The van der Waals surface area contributed by atoms with Crippen molar-refractivity contribution in [2.75, 3.05) is 12.4 Å². The number of methoxy groups -OCH3 is 1. The van der Waals surface area contributed by atoms with Crippen LogP contribution in [0.3, 0.4) is 0 Å². The van der Waals surface area contributed by atoms with E-state index in [-0.39, 0.29) is 22.4 Å². The van der Waals surface area contributed by atoms with Crippen LogP contribution in [0.4, 0.5) is 18.9 Å². The van der Waals surface area contributed by atoms with Gasteiger partial charge >= 0.3 is 12.1 Å². The maximum absolute atomic E-state index is 13.9. The van der Waals surface area contributed by atoms with E-state index in [1.807, 2.05) is 0 Å². The third-order valence-corrected chi connectivity index (χ3v) is 6.17. The van der Waals surface area contributed by atoms with Crippen molar-refractivity contribution in [3.05, 3.63) is 99.0 Å². The van der Waals surface area contributed by atoms with Crippen molar-refractivity contribution in [2.45, 2.75) is 18.3 Å². The van der Waals surface area contributed by atoms with Gasteiger partial charge < -0.3 is 15.0 Å². The van der Waals surface area contributed by atoms with Gasteiger partial charge in [-0.1, -0.05) is 47.5 Å². The molecule has 0 aromatic heterocycles. The van der Waals surface area contributed by atoms with Crippen LogP contribution in [0.1, 0.15) is 39.1 Å². The Balaban J connectivity index is 1.96. The Morgan fingerprint density at radius 3 is 2.11 bits per heavy atom. The first-order valence-electron chi connectivity index (χ1n) is 10.4. The summed E-state index contributed by atoms with van der Waals surface area (Å²) in [5.41, 5.74) is -1.05. The van der Waals surface area contributed by atoms with Crippen LogP contribution in [0.5, 0.6) is 0 Å². The SMILES string of the molecule is COC(=O)C(c1ccc(Cl)cc1)N1C(=O)c2ccc(C(F)(F)F)cc2NC(=O)C1c1ccc(Cl)cc1. The topological polar surface area (TPSA) is 75.7 Å². The molecule has 1 heterocycles. The number of benzene rings is 3. The first-order chi connectivity index (χ1) is 17.0. The van der Waals surface area contributed by atoms with Gasteiger partial charge in [-0.3, -0.25) is 9.59 Å². The second-order valence-corrected chi connectivity index (χ2v) is 8.76. The Kier molecular flexibility index (Phi) is 6.97. The summed E-state index contributed by atoms with van der Waals surface area (Å²) < 4.78 is 45.0. The van der Waals surface area contributed by atoms with Gasteiger partial charge in [0.1, 0.15) is 6.04 Å². The van der Waals surface area contributed by atoms with Gasteiger partial charge in [0.2, 0.25) is 0 Å². The van der Waals surface area contributed by atoms with Crippen LogP contribution in [0, 0.1) is 0 Å². The second-order valence-electron chi connectivity index (χ2n) is 7.89. The number of carbonyl (C=O) groups excluding carboxylic acids is 3. The molecule has 1 N–H and O–H groups in total. The number of alkyl halides is 3. The molecule has 1 aliphatic heterocycles. The lowest BCUT2D eigenvalue weighted by Gasteiger charge is -2.35. The molecule has 2 unspecified atom stereocenters. The van der Waals surface area contributed by atoms with Gasteiger partial charge in [0.15, 0.2) is 6.04 Å². The molecule has 6 nitrogen and oxygen atoms in total. The monoisotopic (exact) mass is 536 g/mol. The van der Waals surface area contributed by atoms with E-state index in [2.05, 4.69) is 5.32 Å². The zero-order chi connectivity index (χ0) is 26.2. The van der Waals surface area contributed by atoms with Gasteiger partial charge in [-0.25, -0.2) is 4.79 Å².